The quantitative estimate of drug-likeness (QED) is 0.630. The molecule has 4 rings (SSSR count). The molecule has 31 heavy (non-hydrogen) atoms. The van der Waals surface area contributed by atoms with E-state index in [1.54, 1.807) is 7.05 Å². The first-order chi connectivity index (χ1) is 14.8. The van der Waals surface area contributed by atoms with Crippen LogP contribution in [0.1, 0.15) is 17.8 Å². The molecule has 2 aromatic heterocycles. The summed E-state index contributed by atoms with van der Waals surface area (Å²) in [5, 5.41) is 0.763. The van der Waals surface area contributed by atoms with Gasteiger partial charge in [-0.15, -0.1) is 0 Å². The minimum Gasteiger partial charge on any atom is -0.340 e. The lowest BCUT2D eigenvalue weighted by Gasteiger charge is -2.35. The second kappa shape index (κ2) is 8.68. The second-order valence-electron chi connectivity index (χ2n) is 7.84. The minimum absolute atomic E-state index is 0.0552. The molecule has 1 aromatic carbocycles. The number of nitrogens with one attached hydrogen (secondary N) is 1. The average Bonchev–Trinajstić information content (AvgIpc) is 3.21. The number of carbonyl (C=O) groups excluding carboxylic acids is 1. The highest BCUT2D eigenvalue weighted by Gasteiger charge is 2.22. The van der Waals surface area contributed by atoms with Crippen molar-refractivity contribution in [3.05, 3.63) is 61.5 Å². The van der Waals surface area contributed by atoms with Crippen molar-refractivity contribution in [2.45, 2.75) is 19.4 Å². The molecule has 1 aliphatic rings. The van der Waals surface area contributed by atoms with Gasteiger partial charge in [0.15, 0.2) is 5.65 Å². The number of benzene rings is 1. The van der Waals surface area contributed by atoms with Gasteiger partial charge in [0.1, 0.15) is 11.3 Å². The predicted octanol–water partition coefficient (Wildman–Crippen LogP) is 0.891. The zero-order valence-electron chi connectivity index (χ0n) is 17.6. The third-order valence-electron chi connectivity index (χ3n) is 5.80. The molecule has 0 aliphatic carbocycles. The molecule has 1 saturated heterocycles. The van der Waals surface area contributed by atoms with Crippen LogP contribution in [0, 0.1) is 0 Å². The summed E-state index contributed by atoms with van der Waals surface area (Å²) in [4.78, 5) is 48.5. The van der Waals surface area contributed by atoms with Crippen LogP contribution in [-0.4, -0.2) is 61.0 Å². The molecule has 9 nitrogen and oxygen atoms in total. The number of hydrogen-bond donors (Lipinski definition) is 1. The Balaban J connectivity index is 1.34. The highest BCUT2D eigenvalue weighted by atomic mass is 35.5. The molecule has 1 aliphatic heterocycles. The van der Waals surface area contributed by atoms with Crippen molar-refractivity contribution in [3.8, 4) is 0 Å². The molecule has 0 bridgehead atoms. The van der Waals surface area contributed by atoms with E-state index in [9.17, 15) is 14.4 Å². The van der Waals surface area contributed by atoms with Crippen LogP contribution in [0.5, 0.6) is 0 Å². The van der Waals surface area contributed by atoms with Crippen molar-refractivity contribution in [1.82, 2.24) is 28.9 Å². The highest BCUT2D eigenvalue weighted by Crippen LogP contribution is 2.18. The van der Waals surface area contributed by atoms with E-state index in [4.69, 9.17) is 11.6 Å². The van der Waals surface area contributed by atoms with Gasteiger partial charge in [0, 0.05) is 64.7 Å². The Kier molecular flexibility index (Phi) is 5.97. The van der Waals surface area contributed by atoms with Crippen LogP contribution in [0.4, 0.5) is 0 Å². The number of aromatic amines is 1. The van der Waals surface area contributed by atoms with E-state index in [-0.39, 0.29) is 11.4 Å². The molecular weight excluding hydrogens is 420 g/mol. The van der Waals surface area contributed by atoms with E-state index in [2.05, 4.69) is 14.9 Å². The Hall–Kier alpha value is -2.91. The second-order valence-corrected chi connectivity index (χ2v) is 8.24. The Morgan fingerprint density at radius 3 is 2.52 bits per heavy atom. The largest absolute Gasteiger partial charge is 0.340 e. The van der Waals surface area contributed by atoms with Gasteiger partial charge in [-0.3, -0.25) is 23.6 Å². The van der Waals surface area contributed by atoms with E-state index in [0.717, 1.165) is 34.8 Å². The van der Waals surface area contributed by atoms with Gasteiger partial charge in [-0.1, -0.05) is 29.8 Å². The Bertz CT molecular complexity index is 1240. The van der Waals surface area contributed by atoms with Crippen molar-refractivity contribution < 1.29 is 4.79 Å². The molecule has 0 spiro atoms. The third kappa shape index (κ3) is 4.28. The lowest BCUT2D eigenvalue weighted by atomic mass is 10.2. The summed E-state index contributed by atoms with van der Waals surface area (Å²) < 4.78 is 2.37. The van der Waals surface area contributed by atoms with Gasteiger partial charge < -0.3 is 9.88 Å². The van der Waals surface area contributed by atoms with Crippen LogP contribution < -0.4 is 11.2 Å². The summed E-state index contributed by atoms with van der Waals surface area (Å²) in [5.41, 5.74) is 0.831. The van der Waals surface area contributed by atoms with Crippen LogP contribution >= 0.6 is 11.6 Å². The fraction of sp³-hybridized carbons (Fsp3) is 0.429. The maximum atomic E-state index is 12.7. The number of nitrogens with zero attached hydrogens (tertiary/aromatic N) is 5. The first-order valence-electron chi connectivity index (χ1n) is 10.2. The SMILES string of the molecule is Cn1c(=O)c2[nH]c(CCC(=O)N3CCN(Cc4ccccc4Cl)CC3)nc2n(C)c1=O. The summed E-state index contributed by atoms with van der Waals surface area (Å²) in [5.74, 6) is 0.582. The van der Waals surface area contributed by atoms with Gasteiger partial charge in [-0.05, 0) is 11.6 Å². The number of imidazole rings is 1. The smallest absolute Gasteiger partial charge is 0.332 e. The maximum Gasteiger partial charge on any atom is 0.332 e. The molecule has 1 amide bonds. The molecule has 0 unspecified atom stereocenters. The number of halogens is 1. The number of fused-ring (bicyclic) bond motifs is 1. The zero-order chi connectivity index (χ0) is 22.1. The van der Waals surface area contributed by atoms with Crippen LogP contribution in [0.2, 0.25) is 5.02 Å². The zero-order valence-corrected chi connectivity index (χ0v) is 18.4. The molecule has 1 N–H and O–H groups in total. The summed E-state index contributed by atoms with van der Waals surface area (Å²) >= 11 is 6.25. The standard InChI is InChI=1S/C21H25ClN6O3/c1-25-19-18(20(30)26(2)21(25)31)23-16(24-19)7-8-17(29)28-11-9-27(10-12-28)13-14-5-3-4-6-15(14)22/h3-6H,7-13H2,1-2H3,(H,23,24). The lowest BCUT2D eigenvalue weighted by Crippen LogP contribution is -2.48. The molecule has 0 saturated carbocycles. The third-order valence-corrected chi connectivity index (χ3v) is 6.17. The van der Waals surface area contributed by atoms with E-state index in [1.165, 1.54) is 11.6 Å². The Morgan fingerprint density at radius 1 is 1.10 bits per heavy atom. The first kappa shape index (κ1) is 21.3. The Morgan fingerprint density at radius 2 is 1.81 bits per heavy atom. The molecular formula is C21H25ClN6O3. The number of rotatable bonds is 5. The number of amides is 1. The van der Waals surface area contributed by atoms with Gasteiger partial charge in [0.2, 0.25) is 5.91 Å². The van der Waals surface area contributed by atoms with E-state index in [0.29, 0.717) is 37.4 Å². The van der Waals surface area contributed by atoms with Crippen molar-refractivity contribution in [2.24, 2.45) is 14.1 Å². The van der Waals surface area contributed by atoms with Crippen LogP contribution in [0.25, 0.3) is 11.2 Å². The van der Waals surface area contributed by atoms with Crippen molar-refractivity contribution in [2.75, 3.05) is 26.2 Å². The van der Waals surface area contributed by atoms with Crippen LogP contribution in [-0.2, 0) is 31.9 Å². The van der Waals surface area contributed by atoms with Gasteiger partial charge in [0.05, 0.1) is 0 Å². The predicted molar refractivity (Wildman–Crippen MR) is 118 cm³/mol. The van der Waals surface area contributed by atoms with E-state index >= 15 is 0 Å². The molecule has 1 fully saturated rings. The van der Waals surface area contributed by atoms with Gasteiger partial charge in [0.25, 0.3) is 5.56 Å². The van der Waals surface area contributed by atoms with Crippen molar-refractivity contribution in [3.63, 3.8) is 0 Å². The van der Waals surface area contributed by atoms with Crippen molar-refractivity contribution >= 4 is 28.7 Å². The number of piperazine rings is 1. The maximum absolute atomic E-state index is 12.7. The number of carbonyl (C=O) groups is 1. The van der Waals surface area contributed by atoms with Gasteiger partial charge in [-0.25, -0.2) is 9.78 Å². The van der Waals surface area contributed by atoms with E-state index in [1.807, 2.05) is 29.2 Å². The molecule has 0 atom stereocenters. The fourth-order valence-corrected chi connectivity index (χ4v) is 4.09. The highest BCUT2D eigenvalue weighted by molar-refractivity contribution is 6.31. The summed E-state index contributed by atoms with van der Waals surface area (Å²) in [6.45, 7) is 3.69. The topological polar surface area (TPSA) is 96.2 Å². The monoisotopic (exact) mass is 444 g/mol. The fourth-order valence-electron chi connectivity index (χ4n) is 3.90. The molecule has 3 aromatic rings. The number of hydrogen-bond acceptors (Lipinski definition) is 5. The van der Waals surface area contributed by atoms with Crippen LogP contribution in [0.3, 0.4) is 0 Å². The number of H-pyrrole nitrogens is 1. The summed E-state index contributed by atoms with van der Waals surface area (Å²) in [7, 11) is 3.00. The minimum atomic E-state index is -0.429. The average molecular weight is 445 g/mol. The molecule has 0 radical (unpaired) electrons. The number of aromatic nitrogens is 4. The van der Waals surface area contributed by atoms with Gasteiger partial charge in [-0.2, -0.15) is 0 Å². The van der Waals surface area contributed by atoms with Crippen molar-refractivity contribution in [1.29, 1.82) is 0 Å². The molecule has 3 heterocycles. The lowest BCUT2D eigenvalue weighted by molar-refractivity contribution is -0.133. The Labute approximate surface area is 183 Å². The van der Waals surface area contributed by atoms with E-state index < -0.39 is 11.2 Å². The first-order valence-corrected chi connectivity index (χ1v) is 10.6. The molecule has 10 heteroatoms. The van der Waals surface area contributed by atoms with Gasteiger partial charge >= 0.3 is 5.69 Å². The number of aryl methyl sites for hydroxylation is 2. The summed E-state index contributed by atoms with van der Waals surface area (Å²) in [6.07, 6.45) is 0.670. The normalized spacial score (nSPS) is 15.0. The van der Waals surface area contributed by atoms with Crippen LogP contribution in [0.15, 0.2) is 33.9 Å². The molecule has 164 valence electrons. The summed E-state index contributed by atoms with van der Waals surface area (Å²) in [6, 6.07) is 7.81.